The molecule has 1 N–H and O–H groups in total. The highest BCUT2D eigenvalue weighted by Gasteiger charge is 2.33. The first-order valence-corrected chi connectivity index (χ1v) is 22.1. The fraction of sp³-hybridized carbons (Fsp3) is 0.121. The van der Waals surface area contributed by atoms with Gasteiger partial charge in [-0.15, -0.1) is 10.2 Å². The maximum atomic E-state index is 14.2. The van der Waals surface area contributed by atoms with E-state index in [1.165, 1.54) is 33.4 Å². The number of aromatic nitrogens is 3. The van der Waals surface area contributed by atoms with Crippen LogP contribution < -0.4 is 10.2 Å². The molecule has 9 aromatic rings. The summed E-state index contributed by atoms with van der Waals surface area (Å²) in [5.41, 5.74) is 14.6. The molecule has 1 aromatic heterocycles. The first-order chi connectivity index (χ1) is 31.4. The summed E-state index contributed by atoms with van der Waals surface area (Å²) in [5, 5.41) is 12.7. The predicted octanol–water partition coefficient (Wildman–Crippen LogP) is 14.9. The topological polar surface area (TPSA) is 63.1 Å². The number of hydrogen-bond donors (Lipinski definition) is 1. The number of para-hydroxylation sites is 3. The first kappa shape index (κ1) is 40.3. The van der Waals surface area contributed by atoms with E-state index in [0.29, 0.717) is 6.42 Å². The third-order valence-electron chi connectivity index (χ3n) is 12.6. The van der Waals surface area contributed by atoms with E-state index < -0.39 is 5.41 Å². The van der Waals surface area contributed by atoms with Crippen LogP contribution in [0, 0.1) is 5.41 Å². The first-order valence-electron chi connectivity index (χ1n) is 22.1. The molecule has 2 heterocycles. The van der Waals surface area contributed by atoms with Crippen LogP contribution in [0.4, 0.5) is 22.7 Å². The summed E-state index contributed by atoms with van der Waals surface area (Å²) in [4.78, 5) is 16.6. The van der Waals surface area contributed by atoms with Crippen LogP contribution in [-0.4, -0.2) is 20.7 Å². The van der Waals surface area contributed by atoms with Crippen LogP contribution in [0.5, 0.6) is 0 Å². The molecule has 1 unspecified atom stereocenters. The van der Waals surface area contributed by atoms with Gasteiger partial charge in [0.05, 0.1) is 11.4 Å². The van der Waals surface area contributed by atoms with Crippen LogP contribution in [0.25, 0.3) is 61.8 Å². The number of carbonyl (C=O) groups is 1. The van der Waals surface area contributed by atoms with Gasteiger partial charge >= 0.3 is 0 Å². The van der Waals surface area contributed by atoms with E-state index in [9.17, 15) is 4.79 Å². The maximum absolute atomic E-state index is 14.2. The zero-order chi connectivity index (χ0) is 43.6. The standard InChI is InChI=1S/C58H49N5O/c1-4-40(45-34-37-54-52(38-45)50-25-15-14-24-49(50)51-26-16-17-27-53(51)62(54)47-20-10-6-11-21-47)39-58(2,3)57(64)59-46-35-32-44(33-36-46)56-61-60-55(63(56)48-22-12-7-13-23-48)43-30-28-42(29-31-43)41-18-8-5-9-19-41/h5-38,40H,4,39H2,1-3H3,(H,59,64). The van der Waals surface area contributed by atoms with Crippen LogP contribution in [0.3, 0.4) is 0 Å². The van der Waals surface area contributed by atoms with Gasteiger partial charge in [-0.1, -0.05) is 160 Å². The van der Waals surface area contributed by atoms with Crippen LogP contribution in [0.2, 0.25) is 0 Å². The number of benzene rings is 8. The van der Waals surface area contributed by atoms with Crippen molar-refractivity contribution in [3.05, 3.63) is 212 Å². The van der Waals surface area contributed by atoms with E-state index in [1.54, 1.807) is 0 Å². The van der Waals surface area contributed by atoms with Crippen molar-refractivity contribution in [3.8, 4) is 61.8 Å². The zero-order valence-corrected chi connectivity index (χ0v) is 36.3. The van der Waals surface area contributed by atoms with Gasteiger partial charge in [0.1, 0.15) is 0 Å². The molecule has 1 amide bonds. The lowest BCUT2D eigenvalue weighted by Gasteiger charge is -2.30. The quantitative estimate of drug-likeness (QED) is 0.141. The molecule has 1 atom stereocenters. The number of carbonyl (C=O) groups excluding carboxylic acids is 1. The van der Waals surface area contributed by atoms with Crippen molar-refractivity contribution >= 4 is 28.7 Å². The molecule has 8 aromatic carbocycles. The van der Waals surface area contributed by atoms with E-state index in [-0.39, 0.29) is 11.8 Å². The van der Waals surface area contributed by atoms with E-state index in [2.05, 4.69) is 193 Å². The molecular weight excluding hydrogens is 783 g/mol. The van der Waals surface area contributed by atoms with Crippen molar-refractivity contribution in [2.75, 3.05) is 10.2 Å². The number of anilines is 4. The normalized spacial score (nSPS) is 12.4. The van der Waals surface area contributed by atoms with Crippen molar-refractivity contribution < 1.29 is 4.79 Å². The number of amides is 1. The molecule has 0 fully saturated rings. The van der Waals surface area contributed by atoms with Crippen molar-refractivity contribution in [3.63, 3.8) is 0 Å². The number of nitrogens with one attached hydrogen (secondary N) is 1. The highest BCUT2D eigenvalue weighted by atomic mass is 16.2. The van der Waals surface area contributed by atoms with E-state index in [0.717, 1.165) is 63.2 Å². The van der Waals surface area contributed by atoms with Crippen molar-refractivity contribution in [1.82, 2.24) is 14.8 Å². The minimum atomic E-state index is -0.658. The minimum absolute atomic E-state index is 0.0156. The monoisotopic (exact) mass is 831 g/mol. The largest absolute Gasteiger partial charge is 0.326 e. The molecule has 6 heteroatoms. The Hall–Kier alpha value is -7.83. The smallest absolute Gasteiger partial charge is 0.230 e. The Kier molecular flexibility index (Phi) is 10.8. The van der Waals surface area contributed by atoms with Gasteiger partial charge in [0, 0.05) is 44.7 Å². The van der Waals surface area contributed by atoms with E-state index >= 15 is 0 Å². The van der Waals surface area contributed by atoms with Crippen molar-refractivity contribution in [2.45, 2.75) is 39.5 Å². The van der Waals surface area contributed by atoms with E-state index in [4.69, 9.17) is 10.2 Å². The van der Waals surface area contributed by atoms with Crippen LogP contribution >= 0.6 is 0 Å². The van der Waals surface area contributed by atoms with Gasteiger partial charge < -0.3 is 10.2 Å². The van der Waals surface area contributed by atoms with Crippen LogP contribution in [-0.2, 0) is 4.79 Å². The van der Waals surface area contributed by atoms with Crippen LogP contribution in [0.1, 0.15) is 45.1 Å². The summed E-state index contributed by atoms with van der Waals surface area (Å²) in [6.45, 7) is 6.34. The molecule has 0 bridgehead atoms. The Bertz CT molecular complexity index is 3070. The molecule has 6 nitrogen and oxygen atoms in total. The van der Waals surface area contributed by atoms with Gasteiger partial charge in [-0.2, -0.15) is 0 Å². The highest BCUT2D eigenvalue weighted by molar-refractivity contribution is 6.02. The van der Waals surface area contributed by atoms with E-state index in [1.807, 2.05) is 48.5 Å². The second-order valence-electron chi connectivity index (χ2n) is 17.2. The Balaban J connectivity index is 0.904. The Morgan fingerprint density at radius 1 is 0.516 bits per heavy atom. The van der Waals surface area contributed by atoms with Crippen molar-refractivity contribution in [1.29, 1.82) is 0 Å². The Morgan fingerprint density at radius 2 is 1.00 bits per heavy atom. The van der Waals surface area contributed by atoms with Crippen molar-refractivity contribution in [2.24, 2.45) is 5.41 Å². The molecule has 0 saturated heterocycles. The summed E-state index contributed by atoms with van der Waals surface area (Å²) >= 11 is 0. The van der Waals surface area contributed by atoms with Gasteiger partial charge in [-0.05, 0) is 113 Å². The number of nitrogens with zero attached hydrogens (tertiary/aromatic N) is 4. The average Bonchev–Trinajstić information content (AvgIpc) is 3.75. The Labute approximate surface area is 375 Å². The number of hydrogen-bond acceptors (Lipinski definition) is 4. The molecule has 0 saturated carbocycles. The lowest BCUT2D eigenvalue weighted by Crippen LogP contribution is -2.32. The van der Waals surface area contributed by atoms with Gasteiger partial charge in [0.2, 0.25) is 5.91 Å². The summed E-state index contributed by atoms with van der Waals surface area (Å²) < 4.78 is 2.10. The summed E-state index contributed by atoms with van der Waals surface area (Å²) in [5.74, 6) is 1.61. The van der Waals surface area contributed by atoms with Gasteiger partial charge in [0.25, 0.3) is 0 Å². The molecule has 1 aliphatic rings. The zero-order valence-electron chi connectivity index (χ0n) is 36.3. The third-order valence-corrected chi connectivity index (χ3v) is 12.6. The fourth-order valence-electron chi connectivity index (χ4n) is 9.18. The molecular formula is C58H49N5O. The van der Waals surface area contributed by atoms with Gasteiger partial charge in [-0.3, -0.25) is 9.36 Å². The maximum Gasteiger partial charge on any atom is 0.230 e. The number of fused-ring (bicyclic) bond motifs is 5. The summed E-state index contributed by atoms with van der Waals surface area (Å²) in [6.07, 6.45) is 1.58. The highest BCUT2D eigenvalue weighted by Crippen LogP contribution is 2.51. The second kappa shape index (κ2) is 17.1. The molecule has 0 radical (unpaired) electrons. The fourth-order valence-corrected chi connectivity index (χ4v) is 9.18. The molecule has 64 heavy (non-hydrogen) atoms. The van der Waals surface area contributed by atoms with Gasteiger partial charge in [-0.25, -0.2) is 0 Å². The third kappa shape index (κ3) is 7.68. The minimum Gasteiger partial charge on any atom is -0.326 e. The molecule has 312 valence electrons. The second-order valence-corrected chi connectivity index (χ2v) is 17.2. The molecule has 0 aliphatic carbocycles. The lowest BCUT2D eigenvalue weighted by molar-refractivity contribution is -0.124. The summed E-state index contributed by atoms with van der Waals surface area (Å²) in [7, 11) is 0. The predicted molar refractivity (Wildman–Crippen MR) is 263 cm³/mol. The average molecular weight is 832 g/mol. The van der Waals surface area contributed by atoms with Crippen LogP contribution in [0.15, 0.2) is 206 Å². The molecule has 0 spiro atoms. The summed E-state index contributed by atoms with van der Waals surface area (Å²) in [6, 6.07) is 71.9. The molecule has 1 aliphatic heterocycles. The van der Waals surface area contributed by atoms with Gasteiger partial charge in [0.15, 0.2) is 11.6 Å². The lowest BCUT2D eigenvalue weighted by atomic mass is 9.77. The number of rotatable bonds is 11. The SMILES string of the molecule is CCC(CC(C)(C)C(=O)Nc1ccc(-c2nnc(-c3ccc(-c4ccccc4)cc3)n2-c2ccccc2)cc1)c1ccc2c(c1)-c1ccccc1-c1ccccc1N2c1ccccc1. The Morgan fingerprint density at radius 3 is 1.62 bits per heavy atom. The molecule has 10 rings (SSSR count).